The Morgan fingerprint density at radius 1 is 1.55 bits per heavy atom. The predicted molar refractivity (Wildman–Crippen MR) is 43.6 cm³/mol. The van der Waals surface area contributed by atoms with Crippen molar-refractivity contribution in [2.24, 2.45) is 0 Å². The second kappa shape index (κ2) is 3.42. The molecule has 0 fully saturated rings. The Hall–Kier alpha value is -0.990. The number of aryl methyl sites for hydroxylation is 1. The molecule has 0 radical (unpaired) electrons. The van der Waals surface area contributed by atoms with E-state index in [2.05, 4.69) is 12.0 Å². The number of rotatable bonds is 3. The molecule has 0 saturated carbocycles. The van der Waals surface area contributed by atoms with Crippen LogP contribution in [0.3, 0.4) is 0 Å². The first kappa shape index (κ1) is 8.11. The first-order chi connectivity index (χ1) is 5.29. The van der Waals surface area contributed by atoms with E-state index in [0.29, 0.717) is 5.75 Å². The molecule has 3 nitrogen and oxygen atoms in total. The van der Waals surface area contributed by atoms with Gasteiger partial charge in [0.15, 0.2) is 5.75 Å². The Kier molecular flexibility index (Phi) is 2.52. The number of aromatic hydroxyl groups is 1. The smallest absolute Gasteiger partial charge is 0.156 e. The Morgan fingerprint density at radius 3 is 2.82 bits per heavy atom. The summed E-state index contributed by atoms with van der Waals surface area (Å²) < 4.78 is 1.83. The minimum atomic E-state index is 0.328. The normalized spacial score (nSPS) is 10.4. The fourth-order valence-electron chi connectivity index (χ4n) is 1.17. The van der Waals surface area contributed by atoms with Gasteiger partial charge in [-0.3, -0.25) is 4.68 Å². The summed E-state index contributed by atoms with van der Waals surface area (Å²) >= 11 is 0. The molecule has 3 heteroatoms. The van der Waals surface area contributed by atoms with Crippen molar-refractivity contribution in [3.8, 4) is 5.75 Å². The van der Waals surface area contributed by atoms with Crippen LogP contribution in [-0.4, -0.2) is 14.9 Å². The van der Waals surface area contributed by atoms with Gasteiger partial charge in [-0.15, -0.1) is 0 Å². The van der Waals surface area contributed by atoms with Crippen molar-refractivity contribution in [2.45, 2.75) is 33.2 Å². The van der Waals surface area contributed by atoms with Gasteiger partial charge in [-0.25, -0.2) is 0 Å². The lowest BCUT2D eigenvalue weighted by Gasteiger charge is -2.02. The summed E-state index contributed by atoms with van der Waals surface area (Å²) in [6.45, 7) is 4.94. The third-order valence-corrected chi connectivity index (χ3v) is 1.71. The quantitative estimate of drug-likeness (QED) is 0.717. The lowest BCUT2D eigenvalue weighted by molar-refractivity contribution is 0.462. The molecule has 62 valence electrons. The average Bonchev–Trinajstić information content (AvgIpc) is 2.34. The van der Waals surface area contributed by atoms with Gasteiger partial charge in [0, 0.05) is 6.54 Å². The summed E-state index contributed by atoms with van der Waals surface area (Å²) in [7, 11) is 0. The fraction of sp³-hybridized carbons (Fsp3) is 0.625. The van der Waals surface area contributed by atoms with Crippen molar-refractivity contribution in [2.75, 3.05) is 0 Å². The second-order valence-corrected chi connectivity index (χ2v) is 2.54. The van der Waals surface area contributed by atoms with Crippen molar-refractivity contribution >= 4 is 0 Å². The van der Waals surface area contributed by atoms with Crippen LogP contribution in [0.5, 0.6) is 5.75 Å². The highest BCUT2D eigenvalue weighted by Crippen LogP contribution is 2.16. The number of aromatic nitrogens is 2. The van der Waals surface area contributed by atoms with E-state index in [9.17, 15) is 5.11 Å². The maximum atomic E-state index is 9.31. The van der Waals surface area contributed by atoms with E-state index in [1.807, 2.05) is 11.6 Å². The molecule has 0 aliphatic rings. The van der Waals surface area contributed by atoms with Crippen LogP contribution in [0.1, 0.15) is 26.0 Å². The van der Waals surface area contributed by atoms with Gasteiger partial charge in [0.05, 0.1) is 11.9 Å². The molecule has 1 N–H and O–H groups in total. The van der Waals surface area contributed by atoms with Crippen LogP contribution in [0.25, 0.3) is 0 Å². The zero-order chi connectivity index (χ0) is 8.27. The standard InChI is InChI=1S/C8H14N2O/c1-3-5-7-8(11)6-9-10(7)4-2/h6,11H,3-5H2,1-2H3. The Balaban J connectivity index is 2.88. The highest BCUT2D eigenvalue weighted by atomic mass is 16.3. The molecular weight excluding hydrogens is 140 g/mol. The molecule has 1 aromatic heterocycles. The molecule has 1 rings (SSSR count). The predicted octanol–water partition coefficient (Wildman–Crippen LogP) is 1.56. The number of hydrogen-bond donors (Lipinski definition) is 1. The molecule has 0 bridgehead atoms. The van der Waals surface area contributed by atoms with E-state index in [0.717, 1.165) is 25.1 Å². The lowest BCUT2D eigenvalue weighted by Crippen LogP contribution is -2.01. The maximum Gasteiger partial charge on any atom is 0.156 e. The lowest BCUT2D eigenvalue weighted by atomic mass is 10.2. The molecule has 0 aromatic carbocycles. The van der Waals surface area contributed by atoms with E-state index in [1.165, 1.54) is 6.20 Å². The van der Waals surface area contributed by atoms with Gasteiger partial charge in [-0.05, 0) is 13.3 Å². The first-order valence-electron chi connectivity index (χ1n) is 4.03. The van der Waals surface area contributed by atoms with Gasteiger partial charge in [0.25, 0.3) is 0 Å². The second-order valence-electron chi connectivity index (χ2n) is 2.54. The Labute approximate surface area is 66.7 Å². The molecule has 0 atom stereocenters. The van der Waals surface area contributed by atoms with Gasteiger partial charge in [0.2, 0.25) is 0 Å². The van der Waals surface area contributed by atoms with Crippen molar-refractivity contribution in [1.82, 2.24) is 9.78 Å². The molecule has 0 unspecified atom stereocenters. The summed E-state index contributed by atoms with van der Waals surface area (Å²) in [5.41, 5.74) is 0.954. The van der Waals surface area contributed by atoms with Crippen molar-refractivity contribution < 1.29 is 5.11 Å². The third-order valence-electron chi connectivity index (χ3n) is 1.71. The highest BCUT2D eigenvalue weighted by molar-refractivity contribution is 5.23. The molecule has 11 heavy (non-hydrogen) atoms. The Morgan fingerprint density at radius 2 is 2.27 bits per heavy atom. The Bertz CT molecular complexity index is 230. The van der Waals surface area contributed by atoms with Gasteiger partial charge in [-0.2, -0.15) is 5.10 Å². The third kappa shape index (κ3) is 1.53. The van der Waals surface area contributed by atoms with E-state index >= 15 is 0 Å². The number of hydrogen-bond acceptors (Lipinski definition) is 2. The first-order valence-corrected chi connectivity index (χ1v) is 4.03. The van der Waals surface area contributed by atoms with Crippen LogP contribution < -0.4 is 0 Å². The average molecular weight is 154 g/mol. The minimum absolute atomic E-state index is 0.328. The summed E-state index contributed by atoms with van der Waals surface area (Å²) in [6, 6.07) is 0. The minimum Gasteiger partial charge on any atom is -0.504 e. The van der Waals surface area contributed by atoms with Gasteiger partial charge in [0.1, 0.15) is 0 Å². The molecule has 1 aromatic rings. The molecule has 0 spiro atoms. The molecule has 1 heterocycles. The van der Waals surface area contributed by atoms with Crippen LogP contribution in [0.2, 0.25) is 0 Å². The summed E-state index contributed by atoms with van der Waals surface area (Å²) in [5.74, 6) is 0.328. The molecule has 0 aliphatic heterocycles. The molecule has 0 aliphatic carbocycles. The zero-order valence-corrected chi connectivity index (χ0v) is 7.04. The van der Waals surface area contributed by atoms with Crippen LogP contribution in [0.15, 0.2) is 6.20 Å². The van der Waals surface area contributed by atoms with Crippen molar-refractivity contribution in [1.29, 1.82) is 0 Å². The topological polar surface area (TPSA) is 38.1 Å². The van der Waals surface area contributed by atoms with Crippen molar-refractivity contribution in [3.63, 3.8) is 0 Å². The zero-order valence-electron chi connectivity index (χ0n) is 7.04. The van der Waals surface area contributed by atoms with E-state index in [4.69, 9.17) is 0 Å². The monoisotopic (exact) mass is 154 g/mol. The van der Waals surface area contributed by atoms with Gasteiger partial charge in [-0.1, -0.05) is 13.3 Å². The van der Waals surface area contributed by atoms with E-state index in [-0.39, 0.29) is 0 Å². The molecular formula is C8H14N2O. The van der Waals surface area contributed by atoms with Crippen LogP contribution in [0, 0.1) is 0 Å². The highest BCUT2D eigenvalue weighted by Gasteiger charge is 2.05. The van der Waals surface area contributed by atoms with E-state index < -0.39 is 0 Å². The van der Waals surface area contributed by atoms with Crippen LogP contribution >= 0.6 is 0 Å². The summed E-state index contributed by atoms with van der Waals surface area (Å²) in [6.07, 6.45) is 3.45. The van der Waals surface area contributed by atoms with E-state index in [1.54, 1.807) is 0 Å². The maximum absolute atomic E-state index is 9.31. The van der Waals surface area contributed by atoms with Crippen molar-refractivity contribution in [3.05, 3.63) is 11.9 Å². The molecule has 0 amide bonds. The fourth-order valence-corrected chi connectivity index (χ4v) is 1.17. The largest absolute Gasteiger partial charge is 0.504 e. The SMILES string of the molecule is CCCc1c(O)cnn1CC. The number of nitrogens with zero attached hydrogens (tertiary/aromatic N) is 2. The summed E-state index contributed by atoms with van der Waals surface area (Å²) in [4.78, 5) is 0. The van der Waals surface area contributed by atoms with Crippen LogP contribution in [-0.2, 0) is 13.0 Å². The van der Waals surface area contributed by atoms with Gasteiger partial charge < -0.3 is 5.11 Å². The van der Waals surface area contributed by atoms with Crippen LogP contribution in [0.4, 0.5) is 0 Å². The van der Waals surface area contributed by atoms with Gasteiger partial charge >= 0.3 is 0 Å². The molecule has 0 saturated heterocycles. The summed E-state index contributed by atoms with van der Waals surface area (Å²) in [5, 5.41) is 13.3.